The van der Waals surface area contributed by atoms with Gasteiger partial charge in [0.1, 0.15) is 0 Å². The highest BCUT2D eigenvalue weighted by Crippen LogP contribution is 2.28. The van der Waals surface area contributed by atoms with E-state index in [2.05, 4.69) is 15.6 Å². The molecule has 25 heavy (non-hydrogen) atoms. The number of thiazole rings is 1. The average Bonchev–Trinajstić information content (AvgIpc) is 3.18. The summed E-state index contributed by atoms with van der Waals surface area (Å²) in [5.41, 5.74) is 2.50. The van der Waals surface area contributed by atoms with Crippen LogP contribution in [-0.4, -0.2) is 28.4 Å². The van der Waals surface area contributed by atoms with Crippen molar-refractivity contribution in [2.24, 2.45) is 5.41 Å². The summed E-state index contributed by atoms with van der Waals surface area (Å²) in [5, 5.41) is 8.38. The summed E-state index contributed by atoms with van der Waals surface area (Å²) in [6, 6.07) is 7.90. The largest absolute Gasteiger partial charge is 0.326 e. The van der Waals surface area contributed by atoms with Crippen LogP contribution in [0.5, 0.6) is 0 Å². The number of imidazole rings is 1. The van der Waals surface area contributed by atoms with Crippen LogP contribution < -0.4 is 10.6 Å². The summed E-state index contributed by atoms with van der Waals surface area (Å²) in [6.45, 7) is 3.77. The van der Waals surface area contributed by atoms with Gasteiger partial charge in [-0.1, -0.05) is 12.1 Å². The molecule has 0 bridgehead atoms. The number of nitrogens with one attached hydrogen (secondary N) is 2. The van der Waals surface area contributed by atoms with Gasteiger partial charge in [-0.25, -0.2) is 4.98 Å². The molecule has 0 radical (unpaired) electrons. The average molecular weight is 377 g/mol. The minimum Gasteiger partial charge on any atom is -0.326 e. The Kier molecular flexibility index (Phi) is 5.13. The lowest BCUT2D eigenvalue weighted by atomic mass is 9.82. The summed E-state index contributed by atoms with van der Waals surface area (Å²) in [5.74, 6) is 0.0879. The maximum atomic E-state index is 12.6. The molecule has 2 N–H and O–H groups in total. The lowest BCUT2D eigenvalue weighted by Crippen LogP contribution is -2.46. The number of rotatable bonds is 3. The van der Waals surface area contributed by atoms with Gasteiger partial charge in [-0.05, 0) is 38.4 Å². The first-order valence-corrected chi connectivity index (χ1v) is 9.07. The molecule has 0 aliphatic carbocycles. The van der Waals surface area contributed by atoms with Crippen LogP contribution in [0.4, 0.5) is 5.69 Å². The number of hydrogen-bond acceptors (Lipinski definition) is 4. The number of aromatic nitrogens is 2. The van der Waals surface area contributed by atoms with E-state index in [1.807, 2.05) is 53.4 Å². The Bertz CT molecular complexity index is 836. The number of halogens is 1. The van der Waals surface area contributed by atoms with Gasteiger partial charge in [0.2, 0.25) is 5.91 Å². The van der Waals surface area contributed by atoms with Gasteiger partial charge in [0.25, 0.3) is 0 Å². The molecule has 5 nitrogen and oxygen atoms in total. The maximum absolute atomic E-state index is 12.6. The predicted molar refractivity (Wildman–Crippen MR) is 105 cm³/mol. The van der Waals surface area contributed by atoms with Gasteiger partial charge in [-0.3, -0.25) is 9.20 Å². The van der Waals surface area contributed by atoms with Crippen LogP contribution in [0, 0.1) is 5.41 Å². The van der Waals surface area contributed by atoms with Gasteiger partial charge >= 0.3 is 0 Å². The zero-order valence-electron chi connectivity index (χ0n) is 14.0. The van der Waals surface area contributed by atoms with E-state index in [4.69, 9.17) is 0 Å². The van der Waals surface area contributed by atoms with Crippen LogP contribution in [0.25, 0.3) is 16.2 Å². The quantitative estimate of drug-likeness (QED) is 0.730. The van der Waals surface area contributed by atoms with E-state index in [9.17, 15) is 4.79 Å². The standard InChI is InChI=1S/C18H20N4OS.ClH/c1-18(7-2-8-19-12-18)16(23)20-14-5-3-13(4-6-14)15-11-22-9-10-24-17(22)21-15;/h3-6,9-11,19H,2,7-8,12H2,1H3,(H,20,23);1H. The van der Waals surface area contributed by atoms with Crippen molar-refractivity contribution < 1.29 is 4.79 Å². The van der Waals surface area contributed by atoms with Crippen LogP contribution in [0.2, 0.25) is 0 Å². The number of anilines is 1. The van der Waals surface area contributed by atoms with E-state index in [-0.39, 0.29) is 23.7 Å². The van der Waals surface area contributed by atoms with E-state index in [0.29, 0.717) is 0 Å². The molecule has 1 saturated heterocycles. The third-order valence-electron chi connectivity index (χ3n) is 4.68. The van der Waals surface area contributed by atoms with Gasteiger partial charge in [0.05, 0.1) is 11.1 Å². The Morgan fingerprint density at radius 1 is 1.36 bits per heavy atom. The van der Waals surface area contributed by atoms with Crippen LogP contribution in [0.1, 0.15) is 19.8 Å². The van der Waals surface area contributed by atoms with Gasteiger partial charge in [0.15, 0.2) is 4.96 Å². The number of carbonyl (C=O) groups is 1. The molecule has 3 aromatic rings. The first-order chi connectivity index (χ1) is 11.6. The Hall–Kier alpha value is -1.89. The Balaban J connectivity index is 0.00000182. The fourth-order valence-corrected chi connectivity index (χ4v) is 3.82. The highest BCUT2D eigenvalue weighted by Gasteiger charge is 2.34. The van der Waals surface area contributed by atoms with Crippen molar-refractivity contribution >= 4 is 40.3 Å². The Labute approximate surface area is 156 Å². The normalized spacial score (nSPS) is 20.2. The molecule has 7 heteroatoms. The van der Waals surface area contributed by atoms with Crippen LogP contribution in [0.15, 0.2) is 42.0 Å². The first-order valence-electron chi connectivity index (χ1n) is 8.19. The molecule has 1 atom stereocenters. The molecular weight excluding hydrogens is 356 g/mol. The van der Waals surface area contributed by atoms with Crippen molar-refractivity contribution in [2.75, 3.05) is 18.4 Å². The molecule has 0 spiro atoms. The maximum Gasteiger partial charge on any atom is 0.231 e. The summed E-state index contributed by atoms with van der Waals surface area (Å²) in [6.07, 6.45) is 5.99. The highest BCUT2D eigenvalue weighted by molar-refractivity contribution is 7.15. The molecule has 2 aromatic heterocycles. The monoisotopic (exact) mass is 376 g/mol. The lowest BCUT2D eigenvalue weighted by molar-refractivity contribution is -0.125. The third-order valence-corrected chi connectivity index (χ3v) is 5.45. The van der Waals surface area contributed by atoms with E-state index >= 15 is 0 Å². The lowest BCUT2D eigenvalue weighted by Gasteiger charge is -2.32. The smallest absolute Gasteiger partial charge is 0.231 e. The Morgan fingerprint density at radius 3 is 2.84 bits per heavy atom. The number of hydrogen-bond donors (Lipinski definition) is 2. The molecule has 3 heterocycles. The summed E-state index contributed by atoms with van der Waals surface area (Å²) in [7, 11) is 0. The van der Waals surface area contributed by atoms with Crippen molar-refractivity contribution in [2.45, 2.75) is 19.8 Å². The molecule has 0 saturated carbocycles. The van der Waals surface area contributed by atoms with Crippen molar-refractivity contribution in [3.8, 4) is 11.3 Å². The Morgan fingerprint density at radius 2 is 2.16 bits per heavy atom. The molecule has 1 unspecified atom stereocenters. The minimum absolute atomic E-state index is 0. The van der Waals surface area contributed by atoms with Gasteiger partial charge in [-0.2, -0.15) is 0 Å². The molecule has 1 aliphatic heterocycles. The zero-order valence-corrected chi connectivity index (χ0v) is 15.6. The number of piperidine rings is 1. The van der Waals surface area contributed by atoms with E-state index < -0.39 is 0 Å². The summed E-state index contributed by atoms with van der Waals surface area (Å²) in [4.78, 5) is 18.2. The number of nitrogens with zero attached hydrogens (tertiary/aromatic N) is 2. The summed E-state index contributed by atoms with van der Waals surface area (Å²) >= 11 is 1.62. The number of amides is 1. The zero-order chi connectivity index (χ0) is 16.6. The van der Waals surface area contributed by atoms with E-state index in [1.165, 1.54) is 0 Å². The minimum atomic E-state index is -0.328. The second kappa shape index (κ2) is 7.15. The second-order valence-corrected chi connectivity index (χ2v) is 7.46. The van der Waals surface area contributed by atoms with Gasteiger partial charge in [-0.15, -0.1) is 23.7 Å². The van der Waals surface area contributed by atoms with E-state index in [0.717, 1.165) is 47.8 Å². The first kappa shape index (κ1) is 17.9. The molecule has 1 amide bonds. The van der Waals surface area contributed by atoms with Crippen molar-refractivity contribution in [1.82, 2.24) is 14.7 Å². The molecule has 132 valence electrons. The van der Waals surface area contributed by atoms with Gasteiger partial charge in [0, 0.05) is 35.6 Å². The molecule has 1 aliphatic rings. The predicted octanol–water partition coefficient (Wildman–Crippen LogP) is 3.81. The SMILES string of the molecule is CC1(C(=O)Nc2ccc(-c3cn4ccsc4n3)cc2)CCCNC1.Cl. The highest BCUT2D eigenvalue weighted by atomic mass is 35.5. The number of carbonyl (C=O) groups excluding carboxylic acids is 1. The molecule has 1 fully saturated rings. The van der Waals surface area contributed by atoms with Crippen LogP contribution in [0.3, 0.4) is 0 Å². The third kappa shape index (κ3) is 3.56. The fourth-order valence-electron chi connectivity index (χ4n) is 3.12. The van der Waals surface area contributed by atoms with Crippen LogP contribution >= 0.6 is 23.7 Å². The van der Waals surface area contributed by atoms with Gasteiger partial charge < -0.3 is 10.6 Å². The summed E-state index contributed by atoms with van der Waals surface area (Å²) < 4.78 is 2.02. The number of benzene rings is 1. The van der Waals surface area contributed by atoms with Crippen molar-refractivity contribution in [3.63, 3.8) is 0 Å². The topological polar surface area (TPSA) is 58.4 Å². The second-order valence-electron chi connectivity index (χ2n) is 6.59. The van der Waals surface area contributed by atoms with Crippen molar-refractivity contribution in [1.29, 1.82) is 0 Å². The molecule has 4 rings (SSSR count). The number of fused-ring (bicyclic) bond motifs is 1. The molecular formula is C18H21ClN4OS. The molecule has 1 aromatic carbocycles. The fraction of sp³-hybridized carbons (Fsp3) is 0.333. The van der Waals surface area contributed by atoms with Crippen molar-refractivity contribution in [3.05, 3.63) is 42.0 Å². The van der Waals surface area contributed by atoms with Crippen LogP contribution in [-0.2, 0) is 4.79 Å². The van der Waals surface area contributed by atoms with E-state index in [1.54, 1.807) is 11.3 Å².